The maximum atomic E-state index is 14.8. The first kappa shape index (κ1) is 26.0. The molecule has 39 heavy (non-hydrogen) atoms. The van der Waals surface area contributed by atoms with Gasteiger partial charge in [0.05, 0.1) is 5.69 Å². The molecule has 2 fully saturated rings. The molecule has 1 aromatic heterocycles. The Kier molecular flexibility index (Phi) is 7.09. The van der Waals surface area contributed by atoms with Crippen molar-refractivity contribution in [1.29, 1.82) is 0 Å². The third-order valence-corrected chi connectivity index (χ3v) is 6.58. The second-order valence-corrected chi connectivity index (χ2v) is 9.36. The summed E-state index contributed by atoms with van der Waals surface area (Å²) in [4.78, 5) is 43.5. The van der Waals surface area contributed by atoms with Crippen LogP contribution in [-0.2, 0) is 9.59 Å². The molecule has 2 heterocycles. The maximum absolute atomic E-state index is 14.8. The largest absolute Gasteiger partial charge is 0.454 e. The van der Waals surface area contributed by atoms with Crippen molar-refractivity contribution >= 4 is 35.0 Å². The normalized spacial score (nSPS) is 15.4. The number of amides is 4. The van der Waals surface area contributed by atoms with Gasteiger partial charge >= 0.3 is 6.03 Å². The fraction of sp³-hybridized carbons (Fsp3) is 0.259. The Balaban J connectivity index is 1.24. The number of carbonyl (C=O) groups excluding carboxylic acids is 3. The van der Waals surface area contributed by atoms with Gasteiger partial charge < -0.3 is 20.3 Å². The van der Waals surface area contributed by atoms with Crippen molar-refractivity contribution in [2.75, 3.05) is 29.0 Å². The second kappa shape index (κ2) is 10.6. The highest BCUT2D eigenvalue weighted by Gasteiger charge is 2.56. The maximum Gasteiger partial charge on any atom is 0.323 e. The molecular formula is C27H24F3N5O4. The minimum absolute atomic E-state index is 0.103. The van der Waals surface area contributed by atoms with E-state index in [4.69, 9.17) is 4.74 Å². The topological polar surface area (TPSA) is 113 Å². The van der Waals surface area contributed by atoms with Gasteiger partial charge in [-0.3, -0.25) is 14.9 Å². The van der Waals surface area contributed by atoms with Crippen LogP contribution in [0.25, 0.3) is 0 Å². The lowest BCUT2D eigenvalue weighted by atomic mass is 10.0. The van der Waals surface area contributed by atoms with Gasteiger partial charge in [0.1, 0.15) is 22.8 Å². The molecule has 1 aliphatic heterocycles. The van der Waals surface area contributed by atoms with E-state index < -0.39 is 46.1 Å². The van der Waals surface area contributed by atoms with E-state index in [0.29, 0.717) is 18.8 Å². The zero-order valence-electron chi connectivity index (χ0n) is 20.6. The molecule has 1 aliphatic carbocycles. The number of benzene rings is 2. The summed E-state index contributed by atoms with van der Waals surface area (Å²) in [7, 11) is 0. The van der Waals surface area contributed by atoms with Gasteiger partial charge in [0, 0.05) is 43.2 Å². The number of urea groups is 1. The van der Waals surface area contributed by atoms with Crippen LogP contribution in [0.3, 0.4) is 0 Å². The highest BCUT2D eigenvalue weighted by atomic mass is 19.1. The number of nitrogens with zero attached hydrogens (tertiary/aromatic N) is 2. The molecule has 0 radical (unpaired) electrons. The van der Waals surface area contributed by atoms with Crippen molar-refractivity contribution in [3.05, 3.63) is 72.2 Å². The van der Waals surface area contributed by atoms with Crippen molar-refractivity contribution < 1.29 is 32.3 Å². The quantitative estimate of drug-likeness (QED) is 0.354. The molecule has 0 unspecified atom stereocenters. The fourth-order valence-electron chi connectivity index (χ4n) is 4.19. The molecule has 5 rings (SSSR count). The van der Waals surface area contributed by atoms with Crippen LogP contribution in [0.15, 0.2) is 54.7 Å². The van der Waals surface area contributed by atoms with Crippen molar-refractivity contribution in [3.8, 4) is 11.5 Å². The molecule has 4 amide bonds. The van der Waals surface area contributed by atoms with Crippen molar-refractivity contribution in [2.45, 2.75) is 25.7 Å². The first-order chi connectivity index (χ1) is 18.7. The molecule has 12 heteroatoms. The number of anilines is 3. The van der Waals surface area contributed by atoms with E-state index in [0.717, 1.165) is 37.1 Å². The molecule has 1 saturated heterocycles. The van der Waals surface area contributed by atoms with E-state index in [1.807, 2.05) is 0 Å². The summed E-state index contributed by atoms with van der Waals surface area (Å²) in [6.07, 6.45) is 3.64. The van der Waals surface area contributed by atoms with Crippen LogP contribution < -0.4 is 20.7 Å². The average molecular weight is 540 g/mol. The van der Waals surface area contributed by atoms with Crippen molar-refractivity contribution in [1.82, 2.24) is 9.88 Å². The van der Waals surface area contributed by atoms with Gasteiger partial charge in [0.25, 0.3) is 0 Å². The molecule has 9 nitrogen and oxygen atoms in total. The summed E-state index contributed by atoms with van der Waals surface area (Å²) in [5.74, 6) is -4.01. The number of halogens is 3. The summed E-state index contributed by atoms with van der Waals surface area (Å²) in [5, 5.41) is 7.48. The second-order valence-electron chi connectivity index (χ2n) is 9.36. The molecular weight excluding hydrogens is 515 g/mol. The summed E-state index contributed by atoms with van der Waals surface area (Å²) in [6.45, 7) is 1.30. The number of hydrogen-bond acceptors (Lipinski definition) is 5. The van der Waals surface area contributed by atoms with Crippen molar-refractivity contribution in [3.63, 3.8) is 0 Å². The van der Waals surface area contributed by atoms with Gasteiger partial charge in [0.2, 0.25) is 11.8 Å². The lowest BCUT2D eigenvalue weighted by Crippen LogP contribution is -2.35. The third kappa shape index (κ3) is 5.79. The number of hydrogen-bond donors (Lipinski definition) is 3. The lowest BCUT2D eigenvalue weighted by molar-refractivity contribution is -0.131. The number of rotatable bonds is 7. The molecule has 0 spiro atoms. The highest BCUT2D eigenvalue weighted by Crippen LogP contribution is 2.47. The molecule has 0 atom stereocenters. The molecule has 0 bridgehead atoms. The minimum Gasteiger partial charge on any atom is -0.454 e. The molecule has 202 valence electrons. The van der Waals surface area contributed by atoms with Gasteiger partial charge in [-0.25, -0.2) is 22.9 Å². The zero-order chi connectivity index (χ0) is 27.6. The molecule has 3 aromatic rings. The van der Waals surface area contributed by atoms with Crippen molar-refractivity contribution in [2.24, 2.45) is 5.41 Å². The van der Waals surface area contributed by atoms with Gasteiger partial charge in [-0.05, 0) is 56.0 Å². The lowest BCUT2D eigenvalue weighted by Gasteiger charge is -2.17. The summed E-state index contributed by atoms with van der Waals surface area (Å²) in [6, 6.07) is 9.02. The van der Waals surface area contributed by atoms with E-state index in [9.17, 15) is 27.6 Å². The smallest absolute Gasteiger partial charge is 0.323 e. The zero-order valence-corrected chi connectivity index (χ0v) is 20.6. The summed E-state index contributed by atoms with van der Waals surface area (Å²) in [5.41, 5.74) is -1.60. The van der Waals surface area contributed by atoms with Gasteiger partial charge in [-0.2, -0.15) is 0 Å². The standard InChI is InChI=1S/C27H24F3N5O4/c28-16-3-5-17(6-4-16)32-24(36)27(8-9-27)25(37)33-21-14-20(30)22(15-19(21)29)39-18-7-10-31-23(13-18)34-26(38)35-11-1-2-12-35/h3-7,10,13-15H,1-2,8-9,11-12H2,(H,32,36)(H,33,37)(H,31,34,38). The Morgan fingerprint density at radius 1 is 0.846 bits per heavy atom. The number of aromatic nitrogens is 1. The van der Waals surface area contributed by atoms with Crippen LogP contribution in [0.1, 0.15) is 25.7 Å². The van der Waals surface area contributed by atoms with E-state index in [2.05, 4.69) is 20.9 Å². The number of pyridine rings is 1. The Morgan fingerprint density at radius 3 is 2.23 bits per heavy atom. The SMILES string of the molecule is O=C(Nc1cc(Oc2cc(F)c(NC(=O)C3(C(=O)Nc4ccc(F)cc4)CC3)cc2F)ccn1)N1CCCC1. The Bertz CT molecular complexity index is 1420. The number of ether oxygens (including phenoxy) is 1. The van der Waals surface area contributed by atoms with E-state index in [1.165, 1.54) is 30.5 Å². The van der Waals surface area contributed by atoms with Crippen LogP contribution in [0.4, 0.5) is 35.2 Å². The highest BCUT2D eigenvalue weighted by molar-refractivity contribution is 6.16. The Labute approximate surface area is 221 Å². The predicted molar refractivity (Wildman–Crippen MR) is 136 cm³/mol. The minimum atomic E-state index is -1.45. The van der Waals surface area contributed by atoms with E-state index >= 15 is 0 Å². The van der Waals surface area contributed by atoms with E-state index in [-0.39, 0.29) is 30.4 Å². The van der Waals surface area contributed by atoms with Crippen LogP contribution in [-0.4, -0.2) is 40.8 Å². The monoisotopic (exact) mass is 539 g/mol. The molecule has 2 aliphatic rings. The van der Waals surface area contributed by atoms with Crippen LogP contribution in [0, 0.1) is 22.9 Å². The number of nitrogens with one attached hydrogen (secondary N) is 3. The predicted octanol–water partition coefficient (Wildman–Crippen LogP) is 5.28. The van der Waals surface area contributed by atoms with Gasteiger partial charge in [-0.1, -0.05) is 0 Å². The van der Waals surface area contributed by atoms with Crippen LogP contribution >= 0.6 is 0 Å². The number of likely N-dealkylation sites (tertiary alicyclic amines) is 1. The molecule has 2 aromatic carbocycles. The summed E-state index contributed by atoms with van der Waals surface area (Å²) >= 11 is 0. The molecule has 3 N–H and O–H groups in total. The summed E-state index contributed by atoms with van der Waals surface area (Å²) < 4.78 is 48.2. The fourth-order valence-corrected chi connectivity index (χ4v) is 4.19. The molecule has 1 saturated carbocycles. The third-order valence-electron chi connectivity index (χ3n) is 6.58. The Morgan fingerprint density at radius 2 is 1.54 bits per heavy atom. The first-order valence-electron chi connectivity index (χ1n) is 12.3. The van der Waals surface area contributed by atoms with Gasteiger partial charge in [0.15, 0.2) is 17.4 Å². The van der Waals surface area contributed by atoms with Gasteiger partial charge in [-0.15, -0.1) is 0 Å². The number of carbonyl (C=O) groups is 3. The van der Waals surface area contributed by atoms with E-state index in [1.54, 1.807) is 4.90 Å². The first-order valence-corrected chi connectivity index (χ1v) is 12.3. The van der Waals surface area contributed by atoms with Crippen LogP contribution in [0.5, 0.6) is 11.5 Å². The average Bonchev–Trinajstić information content (AvgIpc) is 3.55. The Hall–Kier alpha value is -4.61. The van der Waals surface area contributed by atoms with Crippen LogP contribution in [0.2, 0.25) is 0 Å².